The number of primary amides is 1. The number of methoxy groups -OCH3 is 2. The van der Waals surface area contributed by atoms with Crippen LogP contribution < -0.4 is 27.0 Å². The Morgan fingerprint density at radius 2 is 1.40 bits per heavy atom. The Hall–Kier alpha value is -6.62. The molecule has 492 valence electrons. The molecule has 0 saturated carbocycles. The number of carbonyl (C=O) groups is 10. The van der Waals surface area contributed by atoms with E-state index in [0.29, 0.717) is 43.5 Å². The molecule has 22 heteroatoms. The molecule has 0 unspecified atom stereocenters. The summed E-state index contributed by atoms with van der Waals surface area (Å²) in [6, 6.07) is 12.0. The Balaban J connectivity index is 1.74. The zero-order valence-electron chi connectivity index (χ0n) is 54.8. The number of likely N-dealkylation sites (N-methyl/N-ethyl adjacent to an activating group) is 2. The highest BCUT2D eigenvalue weighted by atomic mass is 16.5. The van der Waals surface area contributed by atoms with Gasteiger partial charge in [0.05, 0.1) is 61.4 Å². The van der Waals surface area contributed by atoms with E-state index in [1.807, 2.05) is 90.9 Å². The van der Waals surface area contributed by atoms with Gasteiger partial charge in [0.1, 0.15) is 6.61 Å². The summed E-state index contributed by atoms with van der Waals surface area (Å²) in [5, 5.41) is 20.0. The van der Waals surface area contributed by atoms with Crippen molar-refractivity contribution in [3.8, 4) is 0 Å². The van der Waals surface area contributed by atoms with Crippen LogP contribution in [-0.4, -0.2) is 176 Å². The fourth-order valence-electron chi connectivity index (χ4n) is 12.0. The fourth-order valence-corrected chi connectivity index (χ4v) is 12.0. The van der Waals surface area contributed by atoms with Crippen molar-refractivity contribution >= 4 is 64.6 Å². The highest BCUT2D eigenvalue weighted by Gasteiger charge is 2.44. The lowest BCUT2D eigenvalue weighted by Gasteiger charge is -2.41. The second-order valence-corrected chi connectivity index (χ2v) is 25.0. The van der Waals surface area contributed by atoms with Crippen LogP contribution in [0.25, 0.3) is 0 Å². The van der Waals surface area contributed by atoms with Crippen LogP contribution in [0.5, 0.6) is 0 Å². The number of hydrogen-bond donors (Lipinski definition) is 6. The van der Waals surface area contributed by atoms with Gasteiger partial charge in [0.2, 0.25) is 29.5 Å². The van der Waals surface area contributed by atoms with Gasteiger partial charge in [-0.15, -0.1) is 0 Å². The minimum atomic E-state index is -1.04. The molecule has 7 N–H and O–H groups in total. The van der Waals surface area contributed by atoms with Crippen LogP contribution in [0.1, 0.15) is 144 Å². The summed E-state index contributed by atoms with van der Waals surface area (Å²) in [7, 11) is 8.54. The van der Waals surface area contributed by atoms with E-state index in [-0.39, 0.29) is 130 Å². The summed E-state index contributed by atoms with van der Waals surface area (Å²) in [5.41, 5.74) is 7.12. The number of urea groups is 1. The number of aliphatic carboxylic acids is 1. The van der Waals surface area contributed by atoms with E-state index in [1.54, 1.807) is 69.0 Å². The number of carbonyl (C=O) groups excluding carboxylic acids is 9. The number of nitrogens with two attached hydrogens (primary N) is 1. The first-order valence-electron chi connectivity index (χ1n) is 31.3. The first-order chi connectivity index (χ1) is 41.6. The molecular weight excluding hydrogens is 1130 g/mol. The van der Waals surface area contributed by atoms with Crippen LogP contribution >= 0.6 is 0 Å². The number of rotatable bonds is 41. The van der Waals surface area contributed by atoms with Gasteiger partial charge < -0.3 is 56.1 Å². The van der Waals surface area contributed by atoms with Gasteiger partial charge in [0.25, 0.3) is 0 Å². The van der Waals surface area contributed by atoms with Crippen LogP contribution in [0.2, 0.25) is 0 Å². The van der Waals surface area contributed by atoms with Gasteiger partial charge in [0.15, 0.2) is 17.3 Å². The monoisotopic (exact) mass is 1230 g/mol. The second kappa shape index (κ2) is 38.0. The molecule has 22 nitrogen and oxygen atoms in total. The Kier molecular flexibility index (Phi) is 32.7. The smallest absolute Gasteiger partial charge is 0.312 e. The SMILES string of the molecule is CC[C@H](C)[C@@H]([C@@H](CC(=O)N1CCC[C@H]1[C@H](OC)[C@@H](C)C(=O)N[C@@H](Cc1ccccc1)C(=O)COCc1ccc(NC(=O)[C@@H](CCCNC(N)=O)CC(=O)[C@H](NC(=O)CCCC(=O)O)C(C)C)cc1)OC)N(C)C(=O)[C@@H](CC(=O)[C@H](C(C)C)N(C)C)C(C)C. The van der Waals surface area contributed by atoms with Crippen molar-refractivity contribution in [1.29, 1.82) is 0 Å². The maximum atomic E-state index is 14.6. The average molecular weight is 1230 g/mol. The second-order valence-electron chi connectivity index (χ2n) is 25.0. The molecule has 1 aliphatic heterocycles. The number of Topliss-reactive ketones (excluding diaryl/α,β-unsaturated/α-hetero) is 3. The lowest BCUT2D eigenvalue weighted by Crippen LogP contribution is -2.55. The van der Waals surface area contributed by atoms with Crippen LogP contribution in [0, 0.1) is 41.4 Å². The van der Waals surface area contributed by atoms with Crippen LogP contribution in [0.15, 0.2) is 54.6 Å². The van der Waals surface area contributed by atoms with Gasteiger partial charge in [-0.05, 0) is 99.6 Å². The Labute approximate surface area is 522 Å². The minimum absolute atomic E-state index is 0.00620. The van der Waals surface area contributed by atoms with Crippen LogP contribution in [0.4, 0.5) is 10.5 Å². The van der Waals surface area contributed by atoms with Crippen molar-refractivity contribution in [3.05, 3.63) is 65.7 Å². The number of ketones is 3. The summed E-state index contributed by atoms with van der Waals surface area (Å²) in [4.78, 5) is 139. The first-order valence-corrected chi connectivity index (χ1v) is 31.3. The summed E-state index contributed by atoms with van der Waals surface area (Å²) in [6.07, 6.45) is 0.857. The number of benzene rings is 2. The molecule has 7 amide bonds. The molecule has 11 atom stereocenters. The number of likely N-dealkylation sites (tertiary alicyclic amines) is 1. The molecule has 0 aromatic heterocycles. The molecule has 1 aliphatic rings. The van der Waals surface area contributed by atoms with E-state index in [0.717, 1.165) is 5.56 Å². The first kappa shape index (κ1) is 75.6. The summed E-state index contributed by atoms with van der Waals surface area (Å²) in [5.74, 6) is -6.24. The predicted octanol–water partition coefficient (Wildman–Crippen LogP) is 6.60. The lowest BCUT2D eigenvalue weighted by atomic mass is 9.83. The van der Waals surface area contributed by atoms with Gasteiger partial charge in [-0.25, -0.2) is 4.79 Å². The predicted molar refractivity (Wildman–Crippen MR) is 336 cm³/mol. The third-order valence-electron chi connectivity index (χ3n) is 17.0. The third kappa shape index (κ3) is 24.1. The molecule has 1 saturated heterocycles. The molecule has 3 rings (SSSR count). The quantitative estimate of drug-likeness (QED) is 0.0383. The van der Waals surface area contributed by atoms with Crippen molar-refractivity contribution in [2.45, 2.75) is 188 Å². The topological polar surface area (TPSA) is 302 Å². The van der Waals surface area contributed by atoms with Crippen molar-refractivity contribution in [2.75, 3.05) is 60.4 Å². The molecule has 0 spiro atoms. The van der Waals surface area contributed by atoms with Gasteiger partial charge in [-0.2, -0.15) is 0 Å². The number of anilines is 1. The van der Waals surface area contributed by atoms with E-state index >= 15 is 0 Å². The highest BCUT2D eigenvalue weighted by Crippen LogP contribution is 2.32. The molecule has 2 aromatic rings. The normalized spacial score (nSPS) is 16.8. The molecule has 2 aromatic carbocycles. The molecule has 0 aliphatic carbocycles. The summed E-state index contributed by atoms with van der Waals surface area (Å²) in [6.45, 7) is 17.4. The Bertz CT molecular complexity index is 2570. The molecule has 88 heavy (non-hydrogen) atoms. The van der Waals surface area contributed by atoms with E-state index in [1.165, 1.54) is 7.11 Å². The van der Waals surface area contributed by atoms with Gasteiger partial charge in [0, 0.05) is 77.6 Å². The Morgan fingerprint density at radius 1 is 0.739 bits per heavy atom. The van der Waals surface area contributed by atoms with E-state index < -0.39 is 83.9 Å². The van der Waals surface area contributed by atoms with Gasteiger partial charge >= 0.3 is 12.0 Å². The number of carboxylic acids is 1. The summed E-state index contributed by atoms with van der Waals surface area (Å²) < 4.78 is 18.1. The lowest BCUT2D eigenvalue weighted by molar-refractivity contribution is -0.149. The van der Waals surface area contributed by atoms with Crippen LogP contribution in [0.3, 0.4) is 0 Å². The van der Waals surface area contributed by atoms with Crippen molar-refractivity contribution in [2.24, 2.45) is 47.2 Å². The molecule has 1 heterocycles. The third-order valence-corrected chi connectivity index (χ3v) is 17.0. The van der Waals surface area contributed by atoms with Crippen molar-refractivity contribution in [1.82, 2.24) is 30.7 Å². The number of ether oxygens (including phenoxy) is 3. The van der Waals surface area contributed by atoms with E-state index in [9.17, 15) is 47.9 Å². The molecule has 1 fully saturated rings. The molecular formula is C66H104N8O14. The maximum Gasteiger partial charge on any atom is 0.312 e. The molecule has 0 bridgehead atoms. The minimum Gasteiger partial charge on any atom is -0.481 e. The average Bonchev–Trinajstić information content (AvgIpc) is 4.20. The number of nitrogens with zero attached hydrogens (tertiary/aromatic N) is 3. The summed E-state index contributed by atoms with van der Waals surface area (Å²) >= 11 is 0. The van der Waals surface area contributed by atoms with Gasteiger partial charge in [-0.1, -0.05) is 111 Å². The number of amides is 7. The van der Waals surface area contributed by atoms with E-state index in [4.69, 9.17) is 25.1 Å². The molecule has 0 radical (unpaired) electrons. The largest absolute Gasteiger partial charge is 0.481 e. The maximum absolute atomic E-state index is 14.6. The standard InChI is InChI=1S/C66H104N8O14/c1-15-43(8)61(73(12)65(84)49(40(2)3)36-53(76)60(42(6)7)72(10)11)55(86-13)37-57(79)74-33-21-25-51(74)62(87-14)44(9)63(82)70-50(34-45-22-17-16-18-23-45)54(77)39-88-38-46-28-30-48(31-29-46)69-64(83)47(24-20-32-68-66(67)85)35-52(75)59(41(4)5)71-56(78)26-19-27-58(80)81/h16-18,22-23,28-31,40-44,47,49-51,55,59-62H,15,19-21,24-27,32-39H2,1-14H3,(H,69,83)(H,70,82)(H,71,78)(H,80,81)(H3,67,68,85)/t43-,44+,47-,49-,50-,51-,55+,59+,60-,61-,62+/m0/s1. The van der Waals surface area contributed by atoms with Crippen LogP contribution in [-0.2, 0) is 70.4 Å². The van der Waals surface area contributed by atoms with E-state index in [2.05, 4.69) is 21.3 Å². The van der Waals surface area contributed by atoms with Gasteiger partial charge in [-0.3, -0.25) is 48.1 Å². The van der Waals surface area contributed by atoms with Crippen molar-refractivity contribution < 1.29 is 67.3 Å². The number of nitrogens with one attached hydrogen (secondary N) is 4. The zero-order chi connectivity index (χ0) is 65.9. The number of carboxylic acid groups (broad SMARTS) is 1. The highest BCUT2D eigenvalue weighted by molar-refractivity contribution is 5.97. The zero-order valence-corrected chi connectivity index (χ0v) is 54.8. The fraction of sp³-hybridized carbons (Fsp3) is 0.667. The Morgan fingerprint density at radius 3 is 1.95 bits per heavy atom. The van der Waals surface area contributed by atoms with Crippen molar-refractivity contribution in [3.63, 3.8) is 0 Å². The number of hydrogen-bond acceptors (Lipinski definition) is 14.